The zero-order chi connectivity index (χ0) is 19.1. The molecular formula is C20H22N2O4. The number of cyclic esters (lactones) is 1. The minimum atomic E-state index is -1.59. The first kappa shape index (κ1) is 17.8. The van der Waals surface area contributed by atoms with Gasteiger partial charge < -0.3 is 19.3 Å². The van der Waals surface area contributed by atoms with Crippen LogP contribution in [0.25, 0.3) is 0 Å². The van der Waals surface area contributed by atoms with Crippen LogP contribution in [0.2, 0.25) is 0 Å². The Bertz CT molecular complexity index is 872. The van der Waals surface area contributed by atoms with Crippen LogP contribution in [0, 0.1) is 0 Å². The average molecular weight is 354 g/mol. The van der Waals surface area contributed by atoms with Crippen molar-refractivity contribution in [1.82, 2.24) is 0 Å². The third-order valence-corrected chi connectivity index (χ3v) is 4.36. The smallest absolute Gasteiger partial charge is 0.342 e. The molecule has 1 aliphatic heterocycles. The molecule has 1 atom stereocenters. The monoisotopic (exact) mass is 354 g/mol. The average Bonchev–Trinajstić information content (AvgIpc) is 2.87. The van der Waals surface area contributed by atoms with Crippen molar-refractivity contribution in [2.45, 2.75) is 12.7 Å². The molecule has 6 nitrogen and oxygen atoms in total. The van der Waals surface area contributed by atoms with E-state index in [1.165, 1.54) is 6.92 Å². The summed E-state index contributed by atoms with van der Waals surface area (Å²) in [5, 5.41) is 0. The van der Waals surface area contributed by atoms with Crippen molar-refractivity contribution >= 4 is 23.3 Å². The molecule has 0 aliphatic carbocycles. The Kier molecular flexibility index (Phi) is 4.36. The third-order valence-electron chi connectivity index (χ3n) is 4.36. The second-order valence-corrected chi connectivity index (χ2v) is 6.64. The summed E-state index contributed by atoms with van der Waals surface area (Å²) in [5.41, 5.74) is 3.30. The number of hydrogen-bond acceptors (Lipinski definition) is 6. The van der Waals surface area contributed by atoms with E-state index in [-0.39, 0.29) is 0 Å². The highest BCUT2D eigenvalue weighted by atomic mass is 16.7. The van der Waals surface area contributed by atoms with E-state index in [2.05, 4.69) is 0 Å². The summed E-state index contributed by atoms with van der Waals surface area (Å²) in [4.78, 5) is 28.3. The lowest BCUT2D eigenvalue weighted by atomic mass is 9.93. The molecule has 1 unspecified atom stereocenters. The van der Waals surface area contributed by atoms with Gasteiger partial charge >= 0.3 is 17.7 Å². The number of esters is 2. The van der Waals surface area contributed by atoms with Gasteiger partial charge in [0.25, 0.3) is 0 Å². The van der Waals surface area contributed by atoms with E-state index in [0.29, 0.717) is 16.7 Å². The van der Waals surface area contributed by atoms with Gasteiger partial charge in [-0.2, -0.15) is 0 Å². The van der Waals surface area contributed by atoms with Gasteiger partial charge in [0.15, 0.2) is 0 Å². The predicted molar refractivity (Wildman–Crippen MR) is 99.5 cm³/mol. The Morgan fingerprint density at radius 1 is 1.00 bits per heavy atom. The first-order valence-corrected chi connectivity index (χ1v) is 8.28. The van der Waals surface area contributed by atoms with Crippen LogP contribution >= 0.6 is 0 Å². The zero-order valence-corrected chi connectivity index (χ0v) is 15.6. The highest BCUT2D eigenvalue weighted by Gasteiger charge is 2.51. The van der Waals surface area contributed by atoms with Crippen LogP contribution < -0.4 is 9.80 Å². The maximum absolute atomic E-state index is 12.5. The summed E-state index contributed by atoms with van der Waals surface area (Å²) >= 11 is 0. The fourth-order valence-corrected chi connectivity index (χ4v) is 3.17. The van der Waals surface area contributed by atoms with Gasteiger partial charge in [0.2, 0.25) is 0 Å². The Balaban J connectivity index is 2.29. The fourth-order valence-electron chi connectivity index (χ4n) is 3.17. The molecule has 2 aromatic rings. The quantitative estimate of drug-likeness (QED) is 0.787. The molecule has 0 radical (unpaired) electrons. The number of anilines is 2. The lowest BCUT2D eigenvalue weighted by molar-refractivity contribution is -0.191. The van der Waals surface area contributed by atoms with E-state index in [1.807, 2.05) is 56.2 Å². The summed E-state index contributed by atoms with van der Waals surface area (Å²) in [6, 6.07) is 12.7. The molecule has 1 heterocycles. The number of rotatable bonds is 4. The largest absolute Gasteiger partial charge is 0.414 e. The van der Waals surface area contributed by atoms with Crippen LogP contribution in [0.4, 0.5) is 11.4 Å². The van der Waals surface area contributed by atoms with Crippen molar-refractivity contribution in [3.8, 4) is 0 Å². The number of hydrogen-bond donors (Lipinski definition) is 0. The molecule has 0 bridgehead atoms. The summed E-state index contributed by atoms with van der Waals surface area (Å²) < 4.78 is 11.3. The van der Waals surface area contributed by atoms with E-state index < -0.39 is 17.7 Å². The van der Waals surface area contributed by atoms with Gasteiger partial charge in [-0.1, -0.05) is 12.1 Å². The van der Waals surface area contributed by atoms with Crippen molar-refractivity contribution in [2.24, 2.45) is 0 Å². The maximum atomic E-state index is 12.5. The molecule has 0 N–H and O–H groups in total. The number of fused-ring (bicyclic) bond motifs is 1. The minimum absolute atomic E-state index is 0.398. The van der Waals surface area contributed by atoms with Crippen molar-refractivity contribution in [2.75, 3.05) is 38.0 Å². The third kappa shape index (κ3) is 2.77. The molecule has 1 aliphatic rings. The first-order valence-electron chi connectivity index (χ1n) is 8.28. The van der Waals surface area contributed by atoms with Crippen LogP contribution in [0.15, 0.2) is 42.5 Å². The Labute approximate surface area is 152 Å². The van der Waals surface area contributed by atoms with E-state index in [1.54, 1.807) is 24.3 Å². The predicted octanol–water partition coefficient (Wildman–Crippen LogP) is 2.75. The summed E-state index contributed by atoms with van der Waals surface area (Å²) in [6.07, 6.45) is 0. The molecule has 26 heavy (non-hydrogen) atoms. The fraction of sp³-hybridized carbons (Fsp3) is 0.300. The SMILES string of the molecule is CC(=O)OC1(c2ccc(N(C)C)cc2N(C)C)OC(=O)c2ccccc21. The second kappa shape index (κ2) is 6.37. The van der Waals surface area contributed by atoms with Gasteiger partial charge in [-0.25, -0.2) is 4.79 Å². The van der Waals surface area contributed by atoms with Gasteiger partial charge in [-0.15, -0.1) is 0 Å². The molecule has 3 rings (SSSR count). The molecule has 0 fully saturated rings. The number of carbonyl (C=O) groups is 2. The van der Waals surface area contributed by atoms with Crippen LogP contribution in [0.5, 0.6) is 0 Å². The van der Waals surface area contributed by atoms with E-state index in [0.717, 1.165) is 11.4 Å². The van der Waals surface area contributed by atoms with E-state index >= 15 is 0 Å². The Morgan fingerprint density at radius 3 is 2.31 bits per heavy atom. The summed E-state index contributed by atoms with van der Waals surface area (Å²) in [5.74, 6) is -2.64. The van der Waals surface area contributed by atoms with Crippen LogP contribution in [-0.2, 0) is 20.1 Å². The molecule has 2 aromatic carbocycles. The van der Waals surface area contributed by atoms with Crippen LogP contribution in [0.1, 0.15) is 28.4 Å². The number of carbonyl (C=O) groups excluding carboxylic acids is 2. The van der Waals surface area contributed by atoms with Gasteiger partial charge in [-0.3, -0.25) is 4.79 Å². The lowest BCUT2D eigenvalue weighted by Gasteiger charge is -2.32. The molecule has 136 valence electrons. The Morgan fingerprint density at radius 2 is 1.69 bits per heavy atom. The topological polar surface area (TPSA) is 59.1 Å². The Hall–Kier alpha value is -3.02. The van der Waals surface area contributed by atoms with Gasteiger partial charge in [-0.05, 0) is 30.3 Å². The van der Waals surface area contributed by atoms with E-state index in [4.69, 9.17) is 9.47 Å². The molecule has 0 spiro atoms. The molecule has 0 aromatic heterocycles. The number of benzene rings is 2. The van der Waals surface area contributed by atoms with E-state index in [9.17, 15) is 9.59 Å². The standard InChI is InChI=1S/C20H22N2O4/c1-13(23)25-20(16-9-7-6-8-15(16)19(24)26-20)17-11-10-14(21(2)3)12-18(17)22(4)5/h6-12H,1-5H3. The zero-order valence-electron chi connectivity index (χ0n) is 15.6. The van der Waals surface area contributed by atoms with Crippen LogP contribution in [-0.4, -0.2) is 40.1 Å². The maximum Gasteiger partial charge on any atom is 0.342 e. The number of ether oxygens (including phenoxy) is 2. The summed E-state index contributed by atoms with van der Waals surface area (Å²) in [6.45, 7) is 1.31. The van der Waals surface area contributed by atoms with Crippen LogP contribution in [0.3, 0.4) is 0 Å². The lowest BCUT2D eigenvalue weighted by Crippen LogP contribution is -2.35. The molecular weight excluding hydrogens is 332 g/mol. The summed E-state index contributed by atoms with van der Waals surface area (Å²) in [7, 11) is 7.67. The van der Waals surface area contributed by atoms with Crippen molar-refractivity contribution < 1.29 is 19.1 Å². The normalized spacial score (nSPS) is 18.1. The molecule has 0 saturated heterocycles. The highest BCUT2D eigenvalue weighted by molar-refractivity contribution is 5.96. The van der Waals surface area contributed by atoms with Crippen molar-refractivity contribution in [3.63, 3.8) is 0 Å². The molecule has 6 heteroatoms. The number of nitrogens with zero attached hydrogens (tertiary/aromatic N) is 2. The second-order valence-electron chi connectivity index (χ2n) is 6.64. The minimum Gasteiger partial charge on any atom is -0.414 e. The molecule has 0 saturated carbocycles. The van der Waals surface area contributed by atoms with Crippen molar-refractivity contribution in [1.29, 1.82) is 0 Å². The van der Waals surface area contributed by atoms with Crippen molar-refractivity contribution in [3.05, 3.63) is 59.2 Å². The highest BCUT2D eigenvalue weighted by Crippen LogP contribution is 2.46. The first-order chi connectivity index (χ1) is 12.3. The van der Waals surface area contributed by atoms with Gasteiger partial charge in [0.1, 0.15) is 0 Å². The van der Waals surface area contributed by atoms with Gasteiger partial charge in [0.05, 0.1) is 16.7 Å². The molecule has 0 amide bonds. The van der Waals surface area contributed by atoms with Gasteiger partial charge in [0, 0.05) is 46.5 Å².